The molecule has 3 aliphatic rings. The molecular formula is C21H24ClF4N3O2. The van der Waals surface area contributed by atoms with Gasteiger partial charge in [0, 0.05) is 36.3 Å². The first-order valence-corrected chi connectivity index (χ1v) is 10.8. The lowest BCUT2D eigenvalue weighted by molar-refractivity contribution is -0.202. The Labute approximate surface area is 182 Å². The first-order valence-electron chi connectivity index (χ1n) is 10.4. The summed E-state index contributed by atoms with van der Waals surface area (Å²) >= 11 is 5.78. The van der Waals surface area contributed by atoms with Crippen LogP contribution in [0.1, 0.15) is 36.0 Å². The Balaban J connectivity index is 1.19. The van der Waals surface area contributed by atoms with E-state index in [0.717, 1.165) is 38.1 Å². The van der Waals surface area contributed by atoms with Crippen LogP contribution in [0.15, 0.2) is 18.2 Å². The average Bonchev–Trinajstić information content (AvgIpc) is 3.47. The zero-order chi connectivity index (χ0) is 22.4. The average molecular weight is 462 g/mol. The molecule has 10 heteroatoms. The second-order valence-corrected chi connectivity index (χ2v) is 9.23. The van der Waals surface area contributed by atoms with Crippen LogP contribution >= 0.6 is 11.6 Å². The third-order valence-electron chi connectivity index (χ3n) is 6.69. The van der Waals surface area contributed by atoms with Crippen molar-refractivity contribution >= 4 is 23.4 Å². The smallest absolute Gasteiger partial charge is 0.352 e. The molecular weight excluding hydrogens is 438 g/mol. The van der Waals surface area contributed by atoms with Crippen molar-refractivity contribution in [2.45, 2.75) is 37.9 Å². The van der Waals surface area contributed by atoms with Crippen molar-refractivity contribution in [3.8, 4) is 0 Å². The molecule has 0 spiro atoms. The molecule has 0 radical (unpaired) electrons. The first-order chi connectivity index (χ1) is 14.6. The molecule has 4 rings (SSSR count). The summed E-state index contributed by atoms with van der Waals surface area (Å²) in [7, 11) is 0. The second-order valence-electron chi connectivity index (χ2n) is 8.79. The number of rotatable bonds is 5. The van der Waals surface area contributed by atoms with Crippen LogP contribution in [-0.4, -0.2) is 66.6 Å². The lowest BCUT2D eigenvalue weighted by atomic mass is 9.93. The van der Waals surface area contributed by atoms with Crippen molar-refractivity contribution in [3.05, 3.63) is 34.6 Å². The van der Waals surface area contributed by atoms with Crippen molar-refractivity contribution < 1.29 is 27.2 Å². The monoisotopic (exact) mass is 461 g/mol. The number of benzene rings is 1. The second kappa shape index (κ2) is 8.24. The molecule has 31 heavy (non-hydrogen) atoms. The molecule has 1 aromatic rings. The quantitative estimate of drug-likeness (QED) is 0.683. The van der Waals surface area contributed by atoms with Gasteiger partial charge in [0.1, 0.15) is 11.2 Å². The van der Waals surface area contributed by atoms with Gasteiger partial charge < -0.3 is 10.2 Å². The van der Waals surface area contributed by atoms with Gasteiger partial charge in [-0.1, -0.05) is 11.6 Å². The van der Waals surface area contributed by atoms with E-state index in [-0.39, 0.29) is 41.3 Å². The number of carbonyl (C=O) groups excluding carboxylic acids is 2. The van der Waals surface area contributed by atoms with Crippen LogP contribution < -0.4 is 5.32 Å². The molecule has 2 amide bonds. The van der Waals surface area contributed by atoms with E-state index in [4.69, 9.17) is 11.6 Å². The molecule has 170 valence electrons. The van der Waals surface area contributed by atoms with Gasteiger partial charge in [0.2, 0.25) is 5.91 Å². The molecule has 5 nitrogen and oxygen atoms in total. The van der Waals surface area contributed by atoms with Gasteiger partial charge in [-0.05, 0) is 62.9 Å². The van der Waals surface area contributed by atoms with Crippen molar-refractivity contribution in [1.29, 1.82) is 0 Å². The molecule has 2 aliphatic heterocycles. The van der Waals surface area contributed by atoms with E-state index in [1.807, 2.05) is 0 Å². The maximum absolute atomic E-state index is 13.4. The minimum Gasteiger partial charge on any atom is -0.352 e. The van der Waals surface area contributed by atoms with Crippen LogP contribution in [-0.2, 0) is 4.79 Å². The number of carbonyl (C=O) groups is 2. The minimum atomic E-state index is -4.46. The van der Waals surface area contributed by atoms with Gasteiger partial charge >= 0.3 is 6.18 Å². The number of nitrogens with zero attached hydrogens (tertiary/aromatic N) is 2. The zero-order valence-corrected chi connectivity index (χ0v) is 17.6. The van der Waals surface area contributed by atoms with Crippen LogP contribution in [0.25, 0.3) is 0 Å². The van der Waals surface area contributed by atoms with Crippen LogP contribution in [0.4, 0.5) is 17.6 Å². The standard InChI is InChI=1S/C21H24ClF4N3O2/c22-15-7-14(8-16(23)9-15)18(30)27-10-13-1-5-28(6-2-13)17-11-29(12-17)19(31)20(3-4-20)21(24,25)26/h7-9,13,17H,1-6,10-12H2,(H,27,30). The van der Waals surface area contributed by atoms with Gasteiger partial charge in [-0.25, -0.2) is 4.39 Å². The number of nitrogens with one attached hydrogen (secondary N) is 1. The highest BCUT2D eigenvalue weighted by Gasteiger charge is 2.70. The Morgan fingerprint density at radius 1 is 1.13 bits per heavy atom. The van der Waals surface area contributed by atoms with E-state index >= 15 is 0 Å². The molecule has 1 N–H and O–H groups in total. The number of amides is 2. The van der Waals surface area contributed by atoms with Gasteiger partial charge in [-0.15, -0.1) is 0 Å². The third-order valence-corrected chi connectivity index (χ3v) is 6.91. The Morgan fingerprint density at radius 2 is 1.77 bits per heavy atom. The highest BCUT2D eigenvalue weighted by Crippen LogP contribution is 2.59. The third kappa shape index (κ3) is 4.53. The molecule has 1 aliphatic carbocycles. The number of hydrogen-bond acceptors (Lipinski definition) is 3. The number of likely N-dealkylation sites (tertiary alicyclic amines) is 2. The van der Waals surface area contributed by atoms with E-state index in [0.29, 0.717) is 19.6 Å². The lowest BCUT2D eigenvalue weighted by Crippen LogP contribution is -2.64. The zero-order valence-electron chi connectivity index (χ0n) is 16.9. The fraction of sp³-hybridized carbons (Fsp3) is 0.619. The number of halogens is 5. The van der Waals surface area contributed by atoms with Gasteiger partial charge in [-0.2, -0.15) is 13.2 Å². The summed E-state index contributed by atoms with van der Waals surface area (Å²) in [4.78, 5) is 28.0. The van der Waals surface area contributed by atoms with Gasteiger partial charge in [-0.3, -0.25) is 14.5 Å². The van der Waals surface area contributed by atoms with E-state index in [2.05, 4.69) is 10.2 Å². The molecule has 3 fully saturated rings. The first kappa shape index (κ1) is 22.3. The summed E-state index contributed by atoms with van der Waals surface area (Å²) in [5, 5.41) is 2.97. The number of alkyl halides is 3. The van der Waals surface area contributed by atoms with Crippen molar-refractivity contribution in [1.82, 2.24) is 15.1 Å². The Bertz CT molecular complexity index is 840. The van der Waals surface area contributed by atoms with E-state index in [1.54, 1.807) is 0 Å². The Kier molecular flexibility index (Phi) is 5.93. The van der Waals surface area contributed by atoms with Crippen LogP contribution in [0.2, 0.25) is 5.02 Å². The van der Waals surface area contributed by atoms with Gasteiger partial charge in [0.25, 0.3) is 5.91 Å². The number of piperidine rings is 1. The molecule has 2 heterocycles. The maximum Gasteiger partial charge on any atom is 0.403 e. The molecule has 2 saturated heterocycles. The van der Waals surface area contributed by atoms with Crippen LogP contribution in [0.5, 0.6) is 0 Å². The lowest BCUT2D eigenvalue weighted by Gasteiger charge is -2.48. The Hall–Kier alpha value is -1.87. The van der Waals surface area contributed by atoms with E-state index < -0.39 is 23.3 Å². The molecule has 1 aromatic carbocycles. The highest BCUT2D eigenvalue weighted by molar-refractivity contribution is 6.31. The number of hydrogen-bond donors (Lipinski definition) is 1. The summed E-state index contributed by atoms with van der Waals surface area (Å²) in [5.74, 6) is -1.45. The van der Waals surface area contributed by atoms with E-state index in [9.17, 15) is 27.2 Å². The fourth-order valence-corrected chi connectivity index (χ4v) is 4.67. The van der Waals surface area contributed by atoms with Crippen molar-refractivity contribution in [2.75, 3.05) is 32.7 Å². The van der Waals surface area contributed by atoms with Crippen molar-refractivity contribution in [2.24, 2.45) is 11.3 Å². The molecule has 0 atom stereocenters. The summed E-state index contributed by atoms with van der Waals surface area (Å²) in [5.41, 5.74) is -1.95. The SMILES string of the molecule is O=C(NCC1CCN(C2CN(C(=O)C3(C(F)(F)F)CC3)C2)CC1)c1cc(F)cc(Cl)c1. The summed E-state index contributed by atoms with van der Waals surface area (Å²) < 4.78 is 52.8. The van der Waals surface area contributed by atoms with Crippen LogP contribution in [0, 0.1) is 17.2 Å². The summed E-state index contributed by atoms with van der Waals surface area (Å²) in [6.45, 7) is 2.69. The maximum atomic E-state index is 13.4. The van der Waals surface area contributed by atoms with Gasteiger partial charge in [0.15, 0.2) is 0 Å². The molecule has 0 aromatic heterocycles. The van der Waals surface area contributed by atoms with Crippen molar-refractivity contribution in [3.63, 3.8) is 0 Å². The summed E-state index contributed by atoms with van der Waals surface area (Å²) in [6.07, 6.45) is -3.00. The van der Waals surface area contributed by atoms with Crippen LogP contribution in [0.3, 0.4) is 0 Å². The Morgan fingerprint density at radius 3 is 2.32 bits per heavy atom. The topological polar surface area (TPSA) is 52.7 Å². The predicted octanol–water partition coefficient (Wildman–Crippen LogP) is 3.47. The molecule has 1 saturated carbocycles. The summed E-state index contributed by atoms with van der Waals surface area (Å²) in [6, 6.07) is 3.78. The highest BCUT2D eigenvalue weighted by atomic mass is 35.5. The van der Waals surface area contributed by atoms with Gasteiger partial charge in [0.05, 0.1) is 0 Å². The molecule has 0 unspecified atom stereocenters. The molecule has 0 bridgehead atoms. The largest absolute Gasteiger partial charge is 0.403 e. The predicted molar refractivity (Wildman–Crippen MR) is 106 cm³/mol. The minimum absolute atomic E-state index is 0.0953. The normalized spacial score (nSPS) is 22.2. The van der Waals surface area contributed by atoms with E-state index in [1.165, 1.54) is 11.0 Å². The fourth-order valence-electron chi connectivity index (χ4n) is 4.44.